The molecule has 0 amide bonds. The summed E-state index contributed by atoms with van der Waals surface area (Å²) in [5.74, 6) is 0.519. The van der Waals surface area contributed by atoms with Crippen LogP contribution in [-0.2, 0) is 0 Å². The van der Waals surface area contributed by atoms with Crippen LogP contribution in [0.5, 0.6) is 11.5 Å². The van der Waals surface area contributed by atoms with Gasteiger partial charge in [0.2, 0.25) is 5.75 Å². The van der Waals surface area contributed by atoms with Gasteiger partial charge in [-0.15, -0.1) is 0 Å². The van der Waals surface area contributed by atoms with Crippen molar-refractivity contribution in [2.45, 2.75) is 19.9 Å². The molecule has 21 heavy (non-hydrogen) atoms. The smallest absolute Gasteiger partial charge is 0.311 e. The predicted molar refractivity (Wildman–Crippen MR) is 82.0 cm³/mol. The number of benzene rings is 2. The second kappa shape index (κ2) is 6.11. The molecular weight excluding hydrogens is 292 g/mol. The van der Waals surface area contributed by atoms with Crippen molar-refractivity contribution < 1.29 is 9.66 Å². The Kier molecular flexibility index (Phi) is 4.45. The van der Waals surface area contributed by atoms with Crippen LogP contribution in [0, 0.1) is 17.0 Å². The van der Waals surface area contributed by atoms with Gasteiger partial charge in [-0.3, -0.25) is 10.1 Å². The number of halogens is 1. The van der Waals surface area contributed by atoms with E-state index in [9.17, 15) is 10.1 Å². The second-order valence-electron chi connectivity index (χ2n) is 4.81. The topological polar surface area (TPSA) is 78.4 Å². The fourth-order valence-corrected chi connectivity index (χ4v) is 2.08. The summed E-state index contributed by atoms with van der Waals surface area (Å²) in [6, 6.07) is 9.67. The van der Waals surface area contributed by atoms with Crippen molar-refractivity contribution in [3.05, 3.63) is 62.7 Å². The zero-order chi connectivity index (χ0) is 15.6. The number of nitro groups is 1. The molecule has 2 N–H and O–H groups in total. The minimum absolute atomic E-state index is 0.104. The SMILES string of the molecule is Cc1ccc([N+](=O)[O-])c(Oc2ccc(C(C)N)cc2Cl)c1. The monoisotopic (exact) mass is 306 g/mol. The van der Waals surface area contributed by atoms with E-state index in [0.717, 1.165) is 11.1 Å². The molecule has 110 valence electrons. The molecule has 0 heterocycles. The molecule has 0 aromatic heterocycles. The van der Waals surface area contributed by atoms with Gasteiger partial charge in [0.15, 0.2) is 0 Å². The van der Waals surface area contributed by atoms with E-state index >= 15 is 0 Å². The van der Waals surface area contributed by atoms with Gasteiger partial charge in [0.05, 0.1) is 9.95 Å². The maximum absolute atomic E-state index is 11.0. The third-order valence-electron chi connectivity index (χ3n) is 3.01. The minimum atomic E-state index is -0.487. The highest BCUT2D eigenvalue weighted by Crippen LogP contribution is 2.36. The van der Waals surface area contributed by atoms with Crippen LogP contribution in [0.3, 0.4) is 0 Å². The Balaban J connectivity index is 2.38. The summed E-state index contributed by atoms with van der Waals surface area (Å²) in [4.78, 5) is 10.5. The molecule has 2 rings (SSSR count). The number of rotatable bonds is 4. The largest absolute Gasteiger partial charge is 0.449 e. The highest BCUT2D eigenvalue weighted by Gasteiger charge is 2.17. The van der Waals surface area contributed by atoms with Gasteiger partial charge < -0.3 is 10.5 Å². The summed E-state index contributed by atoms with van der Waals surface area (Å²) in [6.45, 7) is 3.68. The van der Waals surface area contributed by atoms with Gasteiger partial charge in [0.1, 0.15) is 5.75 Å². The van der Waals surface area contributed by atoms with Gasteiger partial charge in [-0.25, -0.2) is 0 Å². The quantitative estimate of drug-likeness (QED) is 0.672. The second-order valence-corrected chi connectivity index (χ2v) is 5.22. The average molecular weight is 307 g/mol. The number of nitrogens with zero attached hydrogens (tertiary/aromatic N) is 1. The van der Waals surface area contributed by atoms with Crippen molar-refractivity contribution in [3.8, 4) is 11.5 Å². The van der Waals surface area contributed by atoms with Crippen molar-refractivity contribution in [2.75, 3.05) is 0 Å². The first kappa shape index (κ1) is 15.3. The van der Waals surface area contributed by atoms with E-state index in [0.29, 0.717) is 10.8 Å². The van der Waals surface area contributed by atoms with Gasteiger partial charge in [-0.2, -0.15) is 0 Å². The van der Waals surface area contributed by atoms with Crippen LogP contribution in [0.1, 0.15) is 24.1 Å². The molecule has 0 aliphatic carbocycles. The molecule has 0 saturated heterocycles. The van der Waals surface area contributed by atoms with Crippen LogP contribution in [-0.4, -0.2) is 4.92 Å². The third kappa shape index (κ3) is 3.51. The number of hydrogen-bond donors (Lipinski definition) is 1. The molecule has 2 aromatic carbocycles. The molecular formula is C15H15ClN2O3. The molecule has 0 aliphatic heterocycles. The van der Waals surface area contributed by atoms with E-state index in [1.54, 1.807) is 30.3 Å². The molecule has 0 bridgehead atoms. The zero-order valence-corrected chi connectivity index (χ0v) is 12.4. The molecule has 0 radical (unpaired) electrons. The summed E-state index contributed by atoms with van der Waals surface area (Å²) < 4.78 is 5.60. The van der Waals surface area contributed by atoms with E-state index < -0.39 is 4.92 Å². The van der Waals surface area contributed by atoms with Crippen LogP contribution in [0.15, 0.2) is 36.4 Å². The highest BCUT2D eigenvalue weighted by atomic mass is 35.5. The van der Waals surface area contributed by atoms with Gasteiger partial charge in [-0.05, 0) is 43.2 Å². The van der Waals surface area contributed by atoms with Crippen LogP contribution in [0.2, 0.25) is 5.02 Å². The molecule has 0 aliphatic rings. The first-order valence-corrected chi connectivity index (χ1v) is 6.74. The fourth-order valence-electron chi connectivity index (χ4n) is 1.86. The number of aryl methyl sites for hydroxylation is 1. The Hall–Kier alpha value is -2.11. The van der Waals surface area contributed by atoms with Crippen LogP contribution in [0.4, 0.5) is 5.69 Å². The van der Waals surface area contributed by atoms with Crippen molar-refractivity contribution >= 4 is 17.3 Å². The lowest BCUT2D eigenvalue weighted by Gasteiger charge is -2.11. The van der Waals surface area contributed by atoms with Crippen LogP contribution < -0.4 is 10.5 Å². The highest BCUT2D eigenvalue weighted by molar-refractivity contribution is 6.32. The number of nitrogens with two attached hydrogens (primary N) is 1. The summed E-state index contributed by atoms with van der Waals surface area (Å²) >= 11 is 6.14. The summed E-state index contributed by atoms with van der Waals surface area (Å²) in [5.41, 5.74) is 7.40. The van der Waals surface area contributed by atoms with Crippen LogP contribution in [0.25, 0.3) is 0 Å². The van der Waals surface area contributed by atoms with E-state index in [1.807, 2.05) is 13.8 Å². The number of ether oxygens (including phenoxy) is 1. The molecule has 5 nitrogen and oxygen atoms in total. The van der Waals surface area contributed by atoms with Gasteiger partial charge in [0, 0.05) is 12.1 Å². The van der Waals surface area contributed by atoms with Gasteiger partial charge in [0.25, 0.3) is 0 Å². The predicted octanol–water partition coefficient (Wildman–Crippen LogP) is 4.37. The molecule has 1 atom stereocenters. The number of nitro benzene ring substituents is 1. The van der Waals surface area contributed by atoms with Crippen molar-refractivity contribution in [2.24, 2.45) is 5.73 Å². The maximum Gasteiger partial charge on any atom is 0.311 e. The first-order chi connectivity index (χ1) is 9.88. The van der Waals surface area contributed by atoms with Crippen molar-refractivity contribution in [3.63, 3.8) is 0 Å². The Morgan fingerprint density at radius 1 is 1.24 bits per heavy atom. The summed E-state index contributed by atoms with van der Waals surface area (Å²) in [6.07, 6.45) is 0. The molecule has 0 spiro atoms. The van der Waals surface area contributed by atoms with E-state index in [-0.39, 0.29) is 17.5 Å². The normalized spacial score (nSPS) is 12.0. The minimum Gasteiger partial charge on any atom is -0.449 e. The standard InChI is InChI=1S/C15H15ClN2O3/c1-9-3-5-13(18(19)20)15(7-9)21-14-6-4-11(10(2)17)8-12(14)16/h3-8,10H,17H2,1-2H3. The molecule has 0 fully saturated rings. The lowest BCUT2D eigenvalue weighted by Crippen LogP contribution is -2.04. The number of hydrogen-bond acceptors (Lipinski definition) is 4. The maximum atomic E-state index is 11.0. The Labute approximate surface area is 127 Å². The van der Waals surface area contributed by atoms with E-state index in [1.165, 1.54) is 6.07 Å². The molecule has 0 saturated carbocycles. The lowest BCUT2D eigenvalue weighted by molar-refractivity contribution is -0.385. The van der Waals surface area contributed by atoms with Gasteiger partial charge in [-0.1, -0.05) is 23.7 Å². The average Bonchev–Trinajstić information content (AvgIpc) is 2.40. The summed E-state index contributed by atoms with van der Waals surface area (Å²) in [5, 5.41) is 11.4. The first-order valence-electron chi connectivity index (χ1n) is 6.36. The molecule has 2 aromatic rings. The molecule has 1 unspecified atom stereocenters. The Morgan fingerprint density at radius 3 is 2.52 bits per heavy atom. The van der Waals surface area contributed by atoms with E-state index in [4.69, 9.17) is 22.1 Å². The fraction of sp³-hybridized carbons (Fsp3) is 0.200. The Bertz CT molecular complexity index is 687. The zero-order valence-electron chi connectivity index (χ0n) is 11.7. The Morgan fingerprint density at radius 2 is 1.95 bits per heavy atom. The van der Waals surface area contributed by atoms with E-state index in [2.05, 4.69) is 0 Å². The van der Waals surface area contributed by atoms with Crippen molar-refractivity contribution in [1.29, 1.82) is 0 Å². The third-order valence-corrected chi connectivity index (χ3v) is 3.31. The summed E-state index contributed by atoms with van der Waals surface area (Å²) in [7, 11) is 0. The van der Waals surface area contributed by atoms with Crippen molar-refractivity contribution in [1.82, 2.24) is 0 Å². The molecule has 6 heteroatoms. The van der Waals surface area contributed by atoms with Crippen LogP contribution >= 0.6 is 11.6 Å². The lowest BCUT2D eigenvalue weighted by atomic mass is 10.1. The van der Waals surface area contributed by atoms with Gasteiger partial charge >= 0.3 is 5.69 Å².